The van der Waals surface area contributed by atoms with Gasteiger partial charge in [-0.15, -0.1) is 0 Å². The van der Waals surface area contributed by atoms with Crippen LogP contribution < -0.4 is 5.32 Å². The minimum atomic E-state index is -0.0458. The molecule has 5 aliphatic carbocycles. The van der Waals surface area contributed by atoms with Gasteiger partial charge in [0, 0.05) is 45.8 Å². The number of hydrogen-bond donors (Lipinski definition) is 1. The third-order valence-electron chi connectivity index (χ3n) is 10.9. The van der Waals surface area contributed by atoms with Gasteiger partial charge in [-0.25, -0.2) is 0 Å². The van der Waals surface area contributed by atoms with Crippen molar-refractivity contribution < 1.29 is 14.4 Å². The molecule has 0 amide bonds. The molecule has 0 saturated heterocycles. The molecular formula is C31H31NO3. The van der Waals surface area contributed by atoms with Gasteiger partial charge < -0.3 is 5.32 Å². The predicted molar refractivity (Wildman–Crippen MR) is 133 cm³/mol. The van der Waals surface area contributed by atoms with E-state index >= 15 is 0 Å². The number of Topliss-reactive ketones (excluding diaryl/α,β-unsaturated/α-hetero) is 1. The molecule has 4 saturated carbocycles. The molecular weight excluding hydrogens is 434 g/mol. The Morgan fingerprint density at radius 3 is 2.14 bits per heavy atom. The van der Waals surface area contributed by atoms with Crippen molar-refractivity contribution in [2.24, 2.45) is 35.5 Å². The second-order valence-corrected chi connectivity index (χ2v) is 12.1. The molecule has 2 aromatic carbocycles. The van der Waals surface area contributed by atoms with E-state index < -0.39 is 0 Å². The van der Waals surface area contributed by atoms with Gasteiger partial charge in [-0.05, 0) is 85.8 Å². The summed E-state index contributed by atoms with van der Waals surface area (Å²) in [6.07, 6.45) is 9.24. The van der Waals surface area contributed by atoms with E-state index in [2.05, 4.69) is 5.32 Å². The van der Waals surface area contributed by atoms with E-state index in [1.54, 1.807) is 12.1 Å². The molecule has 0 unspecified atom stereocenters. The van der Waals surface area contributed by atoms with Crippen molar-refractivity contribution in [3.05, 3.63) is 64.2 Å². The van der Waals surface area contributed by atoms with Gasteiger partial charge in [0.2, 0.25) is 0 Å². The predicted octanol–water partition coefficient (Wildman–Crippen LogP) is 5.78. The largest absolute Gasteiger partial charge is 0.382 e. The zero-order chi connectivity index (χ0) is 23.4. The zero-order valence-electron chi connectivity index (χ0n) is 20.0. The van der Waals surface area contributed by atoms with Gasteiger partial charge in [-0.3, -0.25) is 14.4 Å². The Balaban J connectivity index is 1.23. The van der Waals surface area contributed by atoms with Gasteiger partial charge in [0.15, 0.2) is 11.6 Å². The topological polar surface area (TPSA) is 63.2 Å². The van der Waals surface area contributed by atoms with Crippen molar-refractivity contribution in [1.29, 1.82) is 0 Å². The standard InChI is InChI=1S/C31H31NO3/c33-29-18-6-2-1-5-15(18)16-11-12-25-28-17(9-10-21(29)27(16)28)22-13-23-24(14-26(22)32-25)31(35)20-8-4-3-7-19(20)30(23)34/h3-4,7-8,13-18,21,25,27-28,32H,1-2,5-6,9-12H2/t15-,16+,17-,18-,21+,25+,27+,28-/m0/s1. The molecule has 4 nitrogen and oxygen atoms in total. The molecule has 8 atom stereocenters. The van der Waals surface area contributed by atoms with Crippen molar-refractivity contribution in [2.45, 2.75) is 63.3 Å². The summed E-state index contributed by atoms with van der Waals surface area (Å²) in [5.41, 5.74) is 4.40. The first-order valence-corrected chi connectivity index (χ1v) is 13.8. The maximum Gasteiger partial charge on any atom is 0.194 e. The summed E-state index contributed by atoms with van der Waals surface area (Å²) >= 11 is 0. The molecule has 4 heteroatoms. The minimum Gasteiger partial charge on any atom is -0.382 e. The van der Waals surface area contributed by atoms with Gasteiger partial charge in [0.1, 0.15) is 5.78 Å². The SMILES string of the molecule is O=C1c2ccccc2C(=O)c2cc3c(cc21)N[C@@H]1CC[C@@H]2[C@@H]4CCCC[C@@H]4C(=O)[C@@H]4CC[C@@H]3[C@@H]1[C@H]24. The third kappa shape index (κ3) is 2.61. The average Bonchev–Trinajstić information content (AvgIpc) is 2.90. The summed E-state index contributed by atoms with van der Waals surface area (Å²) in [4.78, 5) is 40.4. The van der Waals surface area contributed by atoms with E-state index in [0.717, 1.165) is 31.4 Å². The Hall–Kier alpha value is -2.75. The summed E-state index contributed by atoms with van der Waals surface area (Å²) in [6.45, 7) is 0. The second-order valence-electron chi connectivity index (χ2n) is 12.1. The third-order valence-corrected chi connectivity index (χ3v) is 10.9. The molecule has 2 aromatic rings. The van der Waals surface area contributed by atoms with Crippen LogP contribution in [0.1, 0.15) is 94.7 Å². The van der Waals surface area contributed by atoms with Gasteiger partial charge in [-0.1, -0.05) is 37.1 Å². The van der Waals surface area contributed by atoms with Crippen molar-refractivity contribution >= 4 is 23.0 Å². The van der Waals surface area contributed by atoms with Crippen LogP contribution in [0.4, 0.5) is 5.69 Å². The minimum absolute atomic E-state index is 0.0341. The smallest absolute Gasteiger partial charge is 0.194 e. The van der Waals surface area contributed by atoms with E-state index in [9.17, 15) is 14.4 Å². The summed E-state index contributed by atoms with van der Waals surface area (Å²) < 4.78 is 0. The Bertz CT molecular complexity index is 1310. The van der Waals surface area contributed by atoms with Crippen LogP contribution in [0, 0.1) is 35.5 Å². The average molecular weight is 466 g/mol. The van der Waals surface area contributed by atoms with Crippen molar-refractivity contribution in [2.75, 3.05) is 5.32 Å². The first-order chi connectivity index (χ1) is 17.1. The first kappa shape index (κ1) is 20.4. The second kappa shape index (κ2) is 7.15. The fourth-order valence-corrected chi connectivity index (χ4v) is 9.63. The van der Waals surface area contributed by atoms with Crippen molar-refractivity contribution in [3.63, 3.8) is 0 Å². The van der Waals surface area contributed by atoms with Gasteiger partial charge in [-0.2, -0.15) is 0 Å². The number of carbonyl (C=O) groups excluding carboxylic acids is 3. The fraction of sp³-hybridized carbons (Fsp3) is 0.516. The van der Waals surface area contributed by atoms with Crippen molar-refractivity contribution in [3.8, 4) is 0 Å². The summed E-state index contributed by atoms with van der Waals surface area (Å²) in [7, 11) is 0. The number of carbonyl (C=O) groups is 3. The quantitative estimate of drug-likeness (QED) is 0.457. The lowest BCUT2D eigenvalue weighted by molar-refractivity contribution is -0.150. The van der Waals surface area contributed by atoms with E-state index in [-0.39, 0.29) is 17.5 Å². The highest BCUT2D eigenvalue weighted by atomic mass is 16.1. The number of fused-ring (bicyclic) bond motifs is 6. The molecule has 4 fully saturated rings. The maximum absolute atomic E-state index is 13.7. The molecule has 1 N–H and O–H groups in total. The number of ketones is 3. The van der Waals surface area contributed by atoms with Crippen LogP contribution in [-0.4, -0.2) is 23.4 Å². The highest BCUT2D eigenvalue weighted by Crippen LogP contribution is 2.63. The molecule has 6 aliphatic rings. The zero-order valence-corrected chi connectivity index (χ0v) is 20.0. The number of rotatable bonds is 0. The summed E-state index contributed by atoms with van der Waals surface area (Å²) in [5.74, 6) is 3.66. The lowest BCUT2D eigenvalue weighted by Gasteiger charge is -2.61. The van der Waals surface area contributed by atoms with Gasteiger partial charge >= 0.3 is 0 Å². The highest BCUT2D eigenvalue weighted by Gasteiger charge is 2.59. The normalized spacial score (nSPS) is 38.3. The Morgan fingerprint density at radius 2 is 1.34 bits per heavy atom. The molecule has 8 rings (SSSR count). The Morgan fingerprint density at radius 1 is 0.629 bits per heavy atom. The first-order valence-electron chi connectivity index (χ1n) is 13.8. The molecule has 0 spiro atoms. The number of hydrogen-bond acceptors (Lipinski definition) is 4. The Labute approximate surface area is 205 Å². The van der Waals surface area contributed by atoms with Crippen LogP contribution in [0.2, 0.25) is 0 Å². The Kier molecular flexibility index (Phi) is 4.18. The summed E-state index contributed by atoms with van der Waals surface area (Å²) in [5, 5.41) is 3.84. The van der Waals surface area contributed by atoms with Crippen LogP contribution in [0.3, 0.4) is 0 Å². The number of nitrogens with one attached hydrogen (secondary N) is 1. The molecule has 35 heavy (non-hydrogen) atoms. The van der Waals surface area contributed by atoms with Crippen LogP contribution >= 0.6 is 0 Å². The monoisotopic (exact) mass is 465 g/mol. The van der Waals surface area contributed by atoms with Crippen LogP contribution in [0.15, 0.2) is 36.4 Å². The molecule has 0 bridgehead atoms. The summed E-state index contributed by atoms with van der Waals surface area (Å²) in [6, 6.07) is 11.6. The van der Waals surface area contributed by atoms with E-state index in [0.29, 0.717) is 69.6 Å². The van der Waals surface area contributed by atoms with Crippen LogP contribution in [0.5, 0.6) is 0 Å². The van der Waals surface area contributed by atoms with E-state index in [1.165, 1.54) is 31.2 Å². The fourth-order valence-electron chi connectivity index (χ4n) is 9.63. The number of anilines is 1. The maximum atomic E-state index is 13.7. The highest BCUT2D eigenvalue weighted by molar-refractivity contribution is 6.28. The van der Waals surface area contributed by atoms with Gasteiger partial charge in [0.05, 0.1) is 0 Å². The van der Waals surface area contributed by atoms with Crippen molar-refractivity contribution in [1.82, 2.24) is 0 Å². The molecule has 178 valence electrons. The molecule has 0 aromatic heterocycles. The van der Waals surface area contributed by atoms with Crippen LogP contribution in [-0.2, 0) is 4.79 Å². The molecule has 0 radical (unpaired) electrons. The van der Waals surface area contributed by atoms with E-state index in [1.807, 2.05) is 24.3 Å². The lowest BCUT2D eigenvalue weighted by Crippen LogP contribution is -2.60. The van der Waals surface area contributed by atoms with Crippen LogP contribution in [0.25, 0.3) is 0 Å². The number of benzene rings is 2. The molecule has 1 aliphatic heterocycles. The lowest BCUT2D eigenvalue weighted by atomic mass is 9.45. The van der Waals surface area contributed by atoms with Gasteiger partial charge in [0.25, 0.3) is 0 Å². The molecule has 1 heterocycles. The van der Waals surface area contributed by atoms with E-state index in [4.69, 9.17) is 0 Å².